The van der Waals surface area contributed by atoms with Crippen molar-refractivity contribution in [1.29, 1.82) is 0 Å². The number of nitrogens with zero attached hydrogens (tertiary/aromatic N) is 4. The quantitative estimate of drug-likeness (QED) is 0.207. The molecule has 2 N–H and O–H groups in total. The molecule has 0 aliphatic heterocycles. The summed E-state index contributed by atoms with van der Waals surface area (Å²) in [6, 6.07) is 18.5. The van der Waals surface area contributed by atoms with E-state index >= 15 is 0 Å². The van der Waals surface area contributed by atoms with Crippen molar-refractivity contribution in [2.45, 2.75) is 39.9 Å². The highest BCUT2D eigenvalue weighted by Gasteiger charge is 2.13. The third-order valence-electron chi connectivity index (χ3n) is 5.57. The lowest BCUT2D eigenvalue weighted by molar-refractivity contribution is 0.532. The van der Waals surface area contributed by atoms with Crippen LogP contribution >= 0.6 is 24.0 Å². The Bertz CT molecular complexity index is 1200. The zero-order valence-electron chi connectivity index (χ0n) is 18.8. The number of guanidine groups is 1. The van der Waals surface area contributed by atoms with Crippen LogP contribution in [0.5, 0.6) is 0 Å². The second-order valence-electron chi connectivity index (χ2n) is 7.66. The summed E-state index contributed by atoms with van der Waals surface area (Å²) in [6.45, 7) is 7.09. The maximum atomic E-state index is 6.05. The molecule has 7 nitrogen and oxygen atoms in total. The van der Waals surface area contributed by atoms with E-state index in [1.807, 2.05) is 54.9 Å². The fourth-order valence-electron chi connectivity index (χ4n) is 3.48. The largest absolute Gasteiger partial charge is 0.459 e. The molecule has 0 saturated heterocycles. The van der Waals surface area contributed by atoms with Gasteiger partial charge in [0.2, 0.25) is 0 Å². The Hall–Kier alpha value is -2.88. The first-order valence-corrected chi connectivity index (χ1v) is 10.4. The highest BCUT2D eigenvalue weighted by molar-refractivity contribution is 14.0. The van der Waals surface area contributed by atoms with Crippen LogP contribution in [-0.2, 0) is 20.1 Å². The summed E-state index contributed by atoms with van der Waals surface area (Å²) in [5.41, 5.74) is 3.23. The molecule has 1 unspecified atom stereocenters. The van der Waals surface area contributed by atoms with E-state index in [0.717, 1.165) is 33.9 Å². The smallest absolute Gasteiger partial charge is 0.192 e. The van der Waals surface area contributed by atoms with E-state index in [4.69, 9.17) is 9.41 Å². The van der Waals surface area contributed by atoms with Gasteiger partial charge in [0.05, 0.1) is 12.6 Å². The summed E-state index contributed by atoms with van der Waals surface area (Å²) in [5.74, 6) is 3.27. The van der Waals surface area contributed by atoms with Crippen molar-refractivity contribution in [2.75, 3.05) is 0 Å². The molecule has 1 atom stereocenters. The maximum Gasteiger partial charge on any atom is 0.192 e. The number of hydrogen-bond donors (Lipinski definition) is 2. The van der Waals surface area contributed by atoms with E-state index in [1.165, 1.54) is 5.56 Å². The molecule has 0 bridgehead atoms. The lowest BCUT2D eigenvalue weighted by Crippen LogP contribution is -2.38. The second kappa shape index (κ2) is 10.6. The first kappa shape index (κ1) is 23.8. The summed E-state index contributed by atoms with van der Waals surface area (Å²) in [7, 11) is 1.95. The van der Waals surface area contributed by atoms with Crippen LogP contribution in [0.3, 0.4) is 0 Å². The molecule has 4 aromatic rings. The van der Waals surface area contributed by atoms with Crippen molar-refractivity contribution < 1.29 is 4.42 Å². The predicted molar refractivity (Wildman–Crippen MR) is 138 cm³/mol. The summed E-state index contributed by atoms with van der Waals surface area (Å²) in [5, 5.41) is 16.4. The van der Waals surface area contributed by atoms with Gasteiger partial charge in [-0.25, -0.2) is 4.99 Å². The number of fused-ring (bicyclic) bond motifs is 1. The normalized spacial score (nSPS) is 12.4. The number of rotatable bonds is 6. The van der Waals surface area contributed by atoms with E-state index in [0.29, 0.717) is 19.0 Å². The van der Waals surface area contributed by atoms with Crippen molar-refractivity contribution >= 4 is 40.9 Å². The van der Waals surface area contributed by atoms with Crippen LogP contribution in [0.4, 0.5) is 0 Å². The first-order valence-electron chi connectivity index (χ1n) is 10.4. The number of aryl methyl sites for hydroxylation is 2. The first-order chi connectivity index (χ1) is 15.0. The molecule has 168 valence electrons. The highest BCUT2D eigenvalue weighted by atomic mass is 127. The Kier molecular flexibility index (Phi) is 7.89. The van der Waals surface area contributed by atoms with Gasteiger partial charge in [-0.2, -0.15) is 0 Å². The molecule has 4 rings (SSSR count). The lowest BCUT2D eigenvalue weighted by Gasteiger charge is -2.18. The molecule has 2 aromatic heterocycles. The van der Waals surface area contributed by atoms with Crippen LogP contribution < -0.4 is 10.6 Å². The topological polar surface area (TPSA) is 80.3 Å². The molecule has 2 heterocycles. The molecule has 0 radical (unpaired) electrons. The van der Waals surface area contributed by atoms with Gasteiger partial charge in [0.1, 0.15) is 23.7 Å². The zero-order valence-corrected chi connectivity index (χ0v) is 21.1. The number of aliphatic imine (C=N–C) groups is 1. The SMILES string of the molecule is Cc1c(CNC(=NCc2nnc(C)n2C)NC(C)c2ccccc2)oc2ccccc12.I. The molecule has 0 spiro atoms. The third-order valence-corrected chi connectivity index (χ3v) is 5.57. The molecule has 8 heteroatoms. The zero-order chi connectivity index (χ0) is 21.8. The molecule has 0 amide bonds. The van der Waals surface area contributed by atoms with E-state index in [1.54, 1.807) is 0 Å². The van der Waals surface area contributed by atoms with Crippen LogP contribution in [0.15, 0.2) is 64.0 Å². The van der Waals surface area contributed by atoms with E-state index in [9.17, 15) is 0 Å². The molecule has 0 aliphatic carbocycles. The number of nitrogens with one attached hydrogen (secondary N) is 2. The average Bonchev–Trinajstić information content (AvgIpc) is 3.29. The van der Waals surface area contributed by atoms with E-state index in [2.05, 4.69) is 52.9 Å². The molecule has 2 aromatic carbocycles. The monoisotopic (exact) mass is 544 g/mol. The van der Waals surface area contributed by atoms with Crippen molar-refractivity contribution in [3.05, 3.63) is 83.1 Å². The van der Waals surface area contributed by atoms with Crippen LogP contribution in [-0.4, -0.2) is 20.7 Å². The van der Waals surface area contributed by atoms with Gasteiger partial charge in [0.25, 0.3) is 0 Å². The van der Waals surface area contributed by atoms with Crippen LogP contribution in [0.2, 0.25) is 0 Å². The molecular formula is C24H29IN6O. The summed E-state index contributed by atoms with van der Waals surface area (Å²) in [4.78, 5) is 4.76. The number of hydrogen-bond acceptors (Lipinski definition) is 4. The molecule has 0 aliphatic rings. The molecule has 0 fully saturated rings. The van der Waals surface area contributed by atoms with E-state index < -0.39 is 0 Å². The summed E-state index contributed by atoms with van der Waals surface area (Å²) < 4.78 is 8.00. The fourth-order valence-corrected chi connectivity index (χ4v) is 3.48. The average molecular weight is 544 g/mol. The van der Waals surface area contributed by atoms with Gasteiger partial charge in [-0.15, -0.1) is 34.2 Å². The number of para-hydroxylation sites is 1. The van der Waals surface area contributed by atoms with Gasteiger partial charge in [-0.05, 0) is 32.4 Å². The number of aromatic nitrogens is 3. The Morgan fingerprint density at radius 3 is 2.47 bits per heavy atom. The van der Waals surface area contributed by atoms with Gasteiger partial charge >= 0.3 is 0 Å². The van der Waals surface area contributed by atoms with Crippen LogP contribution in [0.25, 0.3) is 11.0 Å². The maximum absolute atomic E-state index is 6.05. The Labute approximate surface area is 205 Å². The standard InChI is InChI=1S/C24H28N6O.HI/c1-16-20-12-8-9-13-21(20)31-22(16)14-25-24(26-15-23-29-28-18(3)30(23)4)27-17(2)19-10-6-5-7-11-19;/h5-13,17H,14-15H2,1-4H3,(H2,25,26,27);1H. The van der Waals surface area contributed by atoms with Crippen LogP contribution in [0, 0.1) is 13.8 Å². The minimum absolute atomic E-state index is 0. The minimum atomic E-state index is 0. The number of benzene rings is 2. The van der Waals surface area contributed by atoms with Gasteiger partial charge in [-0.1, -0.05) is 48.5 Å². The number of halogens is 1. The van der Waals surface area contributed by atoms with Gasteiger partial charge in [0, 0.05) is 18.0 Å². The van der Waals surface area contributed by atoms with Crippen molar-refractivity contribution in [3.8, 4) is 0 Å². The van der Waals surface area contributed by atoms with Crippen molar-refractivity contribution in [2.24, 2.45) is 12.0 Å². The van der Waals surface area contributed by atoms with Gasteiger partial charge < -0.3 is 19.6 Å². The van der Waals surface area contributed by atoms with E-state index in [-0.39, 0.29) is 30.0 Å². The second-order valence-corrected chi connectivity index (χ2v) is 7.66. The van der Waals surface area contributed by atoms with Crippen LogP contribution in [0.1, 0.15) is 41.5 Å². The molecular weight excluding hydrogens is 515 g/mol. The minimum Gasteiger partial charge on any atom is -0.459 e. The van der Waals surface area contributed by atoms with Crippen molar-refractivity contribution in [1.82, 2.24) is 25.4 Å². The molecule has 0 saturated carbocycles. The summed E-state index contributed by atoms with van der Waals surface area (Å²) in [6.07, 6.45) is 0. The molecule has 32 heavy (non-hydrogen) atoms. The highest BCUT2D eigenvalue weighted by Crippen LogP contribution is 2.24. The number of furan rings is 1. The van der Waals surface area contributed by atoms with Gasteiger partial charge in [0.15, 0.2) is 11.8 Å². The Morgan fingerprint density at radius 1 is 1.06 bits per heavy atom. The van der Waals surface area contributed by atoms with Crippen molar-refractivity contribution in [3.63, 3.8) is 0 Å². The summed E-state index contributed by atoms with van der Waals surface area (Å²) >= 11 is 0. The lowest BCUT2D eigenvalue weighted by atomic mass is 10.1. The Balaban J connectivity index is 0.00000289. The predicted octanol–water partition coefficient (Wildman–Crippen LogP) is 4.79. The van der Waals surface area contributed by atoms with Gasteiger partial charge in [-0.3, -0.25) is 0 Å². The fraction of sp³-hybridized carbons (Fsp3) is 0.292. The Morgan fingerprint density at radius 2 is 1.78 bits per heavy atom. The third kappa shape index (κ3) is 5.29.